The maximum Gasteiger partial charge on any atom is 0.416 e. The number of nitrogens with one attached hydrogen (secondary N) is 1. The third-order valence-electron chi connectivity index (χ3n) is 2.40. The highest BCUT2D eigenvalue weighted by molar-refractivity contribution is 5.85. The van der Waals surface area contributed by atoms with Crippen molar-refractivity contribution in [3.63, 3.8) is 0 Å². The van der Waals surface area contributed by atoms with Gasteiger partial charge in [-0.25, -0.2) is 4.98 Å². The molecule has 1 heterocycles. The van der Waals surface area contributed by atoms with Crippen LogP contribution in [0.1, 0.15) is 24.4 Å². The zero-order valence-corrected chi connectivity index (χ0v) is 11.9. The van der Waals surface area contributed by atoms with Gasteiger partial charge in [0.2, 0.25) is 0 Å². The van der Waals surface area contributed by atoms with Crippen LogP contribution in [0.15, 0.2) is 24.3 Å². The summed E-state index contributed by atoms with van der Waals surface area (Å²) < 4.78 is 37.1. The third kappa shape index (κ3) is 4.09. The first kappa shape index (κ1) is 18.7. The van der Waals surface area contributed by atoms with Crippen LogP contribution in [0.5, 0.6) is 0 Å². The Hall–Kier alpha value is -1.31. The van der Waals surface area contributed by atoms with Crippen molar-refractivity contribution in [2.75, 3.05) is 0 Å². The standard InChI is InChI=1S/C11H11F3N4.2ClH/c1-6(15)9-16-10(18-17-9)7-2-4-8(5-3-7)11(12,13)14;;/h2-6H,15H2,1H3,(H,16,17,18);2*1H/t6-;;/m1../s1. The van der Waals surface area contributed by atoms with E-state index in [9.17, 15) is 13.2 Å². The zero-order chi connectivity index (χ0) is 13.3. The Kier molecular flexibility index (Phi) is 6.46. The molecular formula is C11H13Cl2F3N4. The summed E-state index contributed by atoms with van der Waals surface area (Å²) in [5.74, 6) is 0.820. The summed E-state index contributed by atoms with van der Waals surface area (Å²) in [5, 5.41) is 6.54. The van der Waals surface area contributed by atoms with Crippen molar-refractivity contribution < 1.29 is 13.2 Å². The number of rotatable bonds is 2. The smallest absolute Gasteiger partial charge is 0.322 e. The van der Waals surface area contributed by atoms with Gasteiger partial charge >= 0.3 is 6.18 Å². The van der Waals surface area contributed by atoms with Crippen LogP contribution in [0.3, 0.4) is 0 Å². The molecule has 3 N–H and O–H groups in total. The number of halogens is 5. The number of aromatic amines is 1. The van der Waals surface area contributed by atoms with Crippen LogP contribution < -0.4 is 5.73 Å². The summed E-state index contributed by atoms with van der Waals surface area (Å²) >= 11 is 0. The van der Waals surface area contributed by atoms with Gasteiger partial charge in [-0.3, -0.25) is 5.10 Å². The number of hydrogen-bond acceptors (Lipinski definition) is 3. The molecule has 9 heteroatoms. The minimum atomic E-state index is -4.34. The molecule has 0 saturated heterocycles. The van der Waals surface area contributed by atoms with Crippen LogP contribution in [-0.4, -0.2) is 15.2 Å². The van der Waals surface area contributed by atoms with Crippen LogP contribution in [0, 0.1) is 0 Å². The lowest BCUT2D eigenvalue weighted by Crippen LogP contribution is -2.06. The fraction of sp³-hybridized carbons (Fsp3) is 0.273. The fourth-order valence-corrected chi connectivity index (χ4v) is 1.42. The van der Waals surface area contributed by atoms with Crippen LogP contribution in [0.2, 0.25) is 0 Å². The Labute approximate surface area is 125 Å². The van der Waals surface area contributed by atoms with Crippen molar-refractivity contribution in [1.29, 1.82) is 0 Å². The highest BCUT2D eigenvalue weighted by Gasteiger charge is 2.30. The van der Waals surface area contributed by atoms with Gasteiger partial charge < -0.3 is 5.73 Å². The van der Waals surface area contributed by atoms with E-state index in [1.54, 1.807) is 6.92 Å². The molecule has 0 radical (unpaired) electrons. The largest absolute Gasteiger partial charge is 0.416 e. The van der Waals surface area contributed by atoms with E-state index in [0.717, 1.165) is 12.1 Å². The molecule has 4 nitrogen and oxygen atoms in total. The molecule has 2 aromatic rings. The predicted octanol–water partition coefficient (Wildman–Crippen LogP) is 3.35. The third-order valence-corrected chi connectivity index (χ3v) is 2.40. The van der Waals surface area contributed by atoms with Gasteiger partial charge in [-0.15, -0.1) is 24.8 Å². The lowest BCUT2D eigenvalue weighted by molar-refractivity contribution is -0.137. The minimum Gasteiger partial charge on any atom is -0.322 e. The Morgan fingerprint density at radius 3 is 2.10 bits per heavy atom. The molecule has 0 bridgehead atoms. The molecule has 0 unspecified atom stereocenters. The van der Waals surface area contributed by atoms with Crippen LogP contribution >= 0.6 is 24.8 Å². The quantitative estimate of drug-likeness (QED) is 0.888. The zero-order valence-electron chi connectivity index (χ0n) is 10.3. The van der Waals surface area contributed by atoms with E-state index >= 15 is 0 Å². The fourth-order valence-electron chi connectivity index (χ4n) is 1.42. The van der Waals surface area contributed by atoms with Gasteiger partial charge in [-0.2, -0.15) is 18.3 Å². The Balaban J connectivity index is 0.00000180. The SMILES string of the molecule is C[C@@H](N)c1nc(-c2ccc(C(F)(F)F)cc2)n[nH]1.Cl.Cl. The normalized spacial score (nSPS) is 12.2. The molecule has 1 aromatic carbocycles. The van der Waals surface area contributed by atoms with E-state index in [2.05, 4.69) is 15.2 Å². The molecule has 0 aliphatic heterocycles. The molecule has 112 valence electrons. The van der Waals surface area contributed by atoms with Crippen molar-refractivity contribution >= 4 is 24.8 Å². The molecule has 1 aromatic heterocycles. The first-order chi connectivity index (χ1) is 8.38. The summed E-state index contributed by atoms with van der Waals surface area (Å²) in [6.07, 6.45) is -4.34. The van der Waals surface area contributed by atoms with Crippen molar-refractivity contribution in [1.82, 2.24) is 15.2 Å². The van der Waals surface area contributed by atoms with E-state index in [-0.39, 0.29) is 30.9 Å². The summed E-state index contributed by atoms with van der Waals surface area (Å²) in [6, 6.07) is 4.35. The summed E-state index contributed by atoms with van der Waals surface area (Å²) in [7, 11) is 0. The maximum absolute atomic E-state index is 12.4. The summed E-state index contributed by atoms with van der Waals surface area (Å²) in [6.45, 7) is 1.73. The number of H-pyrrole nitrogens is 1. The summed E-state index contributed by atoms with van der Waals surface area (Å²) in [5.41, 5.74) is 5.41. The topological polar surface area (TPSA) is 67.6 Å². The van der Waals surface area contributed by atoms with Crippen molar-refractivity contribution in [2.45, 2.75) is 19.1 Å². The van der Waals surface area contributed by atoms with Crippen LogP contribution in [0.4, 0.5) is 13.2 Å². The lowest BCUT2D eigenvalue weighted by atomic mass is 10.1. The second kappa shape index (κ2) is 6.92. The molecule has 2 rings (SSSR count). The Bertz CT molecular complexity index is 537. The van der Waals surface area contributed by atoms with Crippen LogP contribution in [0.25, 0.3) is 11.4 Å². The van der Waals surface area contributed by atoms with E-state index < -0.39 is 11.7 Å². The number of nitrogens with zero attached hydrogens (tertiary/aromatic N) is 2. The molecule has 0 amide bonds. The molecule has 1 atom stereocenters. The number of nitrogens with two attached hydrogens (primary N) is 1. The Morgan fingerprint density at radius 2 is 1.70 bits per heavy atom. The second-order valence-corrected chi connectivity index (χ2v) is 3.91. The Morgan fingerprint density at radius 1 is 1.15 bits per heavy atom. The highest BCUT2D eigenvalue weighted by atomic mass is 35.5. The van der Waals surface area contributed by atoms with E-state index in [1.807, 2.05) is 0 Å². The van der Waals surface area contributed by atoms with E-state index in [0.29, 0.717) is 17.2 Å². The monoisotopic (exact) mass is 328 g/mol. The van der Waals surface area contributed by atoms with E-state index in [1.165, 1.54) is 12.1 Å². The van der Waals surface area contributed by atoms with Crippen LogP contribution in [-0.2, 0) is 6.18 Å². The number of benzene rings is 1. The number of alkyl halides is 3. The van der Waals surface area contributed by atoms with Gasteiger partial charge in [0.1, 0.15) is 5.82 Å². The molecular weight excluding hydrogens is 316 g/mol. The van der Waals surface area contributed by atoms with E-state index in [4.69, 9.17) is 5.73 Å². The molecule has 0 aliphatic rings. The van der Waals surface area contributed by atoms with Gasteiger partial charge in [-0.1, -0.05) is 12.1 Å². The minimum absolute atomic E-state index is 0. The van der Waals surface area contributed by atoms with Crippen molar-refractivity contribution in [3.8, 4) is 11.4 Å². The van der Waals surface area contributed by atoms with Gasteiger partial charge in [0, 0.05) is 5.56 Å². The van der Waals surface area contributed by atoms with Crippen molar-refractivity contribution in [2.24, 2.45) is 5.73 Å². The second-order valence-electron chi connectivity index (χ2n) is 3.91. The maximum atomic E-state index is 12.4. The first-order valence-electron chi connectivity index (χ1n) is 5.23. The average Bonchev–Trinajstić information content (AvgIpc) is 2.77. The predicted molar refractivity (Wildman–Crippen MR) is 73.9 cm³/mol. The highest BCUT2D eigenvalue weighted by Crippen LogP contribution is 2.30. The summed E-state index contributed by atoms with van der Waals surface area (Å²) in [4.78, 5) is 4.10. The molecule has 0 saturated carbocycles. The first-order valence-corrected chi connectivity index (χ1v) is 5.23. The molecule has 20 heavy (non-hydrogen) atoms. The van der Waals surface area contributed by atoms with Gasteiger partial charge in [0.15, 0.2) is 5.82 Å². The molecule has 0 spiro atoms. The molecule has 0 aliphatic carbocycles. The van der Waals surface area contributed by atoms with Gasteiger partial charge in [-0.05, 0) is 19.1 Å². The average molecular weight is 329 g/mol. The molecule has 0 fully saturated rings. The number of hydrogen-bond donors (Lipinski definition) is 2. The van der Waals surface area contributed by atoms with Gasteiger partial charge in [0.05, 0.1) is 11.6 Å². The lowest BCUT2D eigenvalue weighted by Gasteiger charge is -2.06. The van der Waals surface area contributed by atoms with Gasteiger partial charge in [0.25, 0.3) is 0 Å². The van der Waals surface area contributed by atoms with Crippen molar-refractivity contribution in [3.05, 3.63) is 35.7 Å². The number of aromatic nitrogens is 3.